The normalized spacial score (nSPS) is 9.89. The monoisotopic (exact) mass is 945 g/mol. The van der Waals surface area contributed by atoms with Crippen molar-refractivity contribution in [3.63, 3.8) is 0 Å². The number of thiophene rings is 3. The number of methoxy groups -OCH3 is 2. The molecule has 0 radical (unpaired) electrons. The molecular formula is C43H44BrN7O7S3. The summed E-state index contributed by atoms with van der Waals surface area (Å²) in [5, 5.41) is 9.06. The third kappa shape index (κ3) is 13.3. The third-order valence-electron chi connectivity index (χ3n) is 8.06. The molecule has 8 aromatic rings. The van der Waals surface area contributed by atoms with Crippen LogP contribution in [0.15, 0.2) is 129 Å². The first-order chi connectivity index (χ1) is 28.5. The Balaban J connectivity index is 0.000000242. The molecule has 14 nitrogen and oxygen atoms in total. The second kappa shape index (κ2) is 24.0. The van der Waals surface area contributed by atoms with E-state index in [1.807, 2.05) is 59.3 Å². The van der Waals surface area contributed by atoms with Crippen LogP contribution in [0.25, 0.3) is 20.4 Å². The van der Waals surface area contributed by atoms with Crippen LogP contribution in [0.4, 0.5) is 17.1 Å². The summed E-state index contributed by atoms with van der Waals surface area (Å²) in [6.07, 6.45) is 2.97. The number of halogens is 1. The summed E-state index contributed by atoms with van der Waals surface area (Å²) in [6, 6.07) is 26.8. The molecule has 0 unspecified atom stereocenters. The number of carbonyl (C=O) groups is 3. The van der Waals surface area contributed by atoms with E-state index < -0.39 is 0 Å². The number of hydrogen-bond acceptors (Lipinski definition) is 14. The molecule has 0 aliphatic rings. The van der Waals surface area contributed by atoms with Gasteiger partial charge in [0.15, 0.2) is 0 Å². The number of H-pyrrole nitrogens is 1. The van der Waals surface area contributed by atoms with Crippen LogP contribution in [0.3, 0.4) is 0 Å². The molecule has 6 N–H and O–H groups in total. The Morgan fingerprint density at radius 2 is 1.31 bits per heavy atom. The minimum atomic E-state index is -0.368. The molecule has 1 amide bonds. The number of carbonyl (C=O) groups excluding carboxylic acids is 3. The van der Waals surface area contributed by atoms with Gasteiger partial charge in [0, 0.05) is 10.9 Å². The number of esters is 2. The molecule has 0 aliphatic carbocycles. The molecule has 0 spiro atoms. The van der Waals surface area contributed by atoms with Crippen molar-refractivity contribution < 1.29 is 23.9 Å². The van der Waals surface area contributed by atoms with Gasteiger partial charge in [0.2, 0.25) is 0 Å². The number of aromatic nitrogens is 4. The Labute approximate surface area is 372 Å². The van der Waals surface area contributed by atoms with Crippen LogP contribution in [-0.2, 0) is 21.3 Å². The van der Waals surface area contributed by atoms with Gasteiger partial charge >= 0.3 is 11.9 Å². The Bertz CT molecular complexity index is 2780. The average Bonchev–Trinajstić information content (AvgIpc) is 4.06. The summed E-state index contributed by atoms with van der Waals surface area (Å²) >= 11 is 7.40. The van der Waals surface area contributed by atoms with Gasteiger partial charge in [-0.15, -0.1) is 34.0 Å². The number of alkyl halides is 1. The van der Waals surface area contributed by atoms with Crippen LogP contribution in [0.2, 0.25) is 0 Å². The highest BCUT2D eigenvalue weighted by Crippen LogP contribution is 2.20. The van der Waals surface area contributed by atoms with Crippen molar-refractivity contribution >= 4 is 105 Å². The summed E-state index contributed by atoms with van der Waals surface area (Å²) < 4.78 is 11.9. The maximum Gasteiger partial charge on any atom is 0.350 e. The van der Waals surface area contributed by atoms with Crippen molar-refractivity contribution in [1.82, 2.24) is 19.5 Å². The Morgan fingerprint density at radius 3 is 1.90 bits per heavy atom. The molecule has 0 fully saturated rings. The molecular weight excluding hydrogens is 903 g/mol. The number of hydrogen-bond donors (Lipinski definition) is 4. The number of para-hydroxylation sites is 2. The maximum absolute atomic E-state index is 12.5. The van der Waals surface area contributed by atoms with Gasteiger partial charge in [-0.2, -0.15) is 0 Å². The fourth-order valence-electron chi connectivity index (χ4n) is 4.98. The lowest BCUT2D eigenvalue weighted by atomic mass is 10.1. The fraction of sp³-hybridized carbons (Fsp3) is 0.140. The number of nitrogen functional groups attached to an aromatic ring is 2. The standard InChI is InChI=1S/C20H16N4O2S.C9H9BrO2.C6H4N2OS.C6H7NO2S.2CH4/c21-15-3-1-2-4-16(15)23-19(25)14-7-5-13(6-8-14)11-24-12-22-17-9-10-27-18(17)20(24)26;1-12-9(11)8-4-2-7(6-10)3-5-8;9-6-5-4(1-2-10-5)7-3-8-6;1-9-6(8)5-4(7)2-3-10-5;;/h1-10,12H,11,21H2,(H,23,25);2-5H,6H2,1H3;1-3H,(H,7,8,9);2-3H,7H2,1H3;2*1H4. The number of rotatable bonds is 7. The van der Waals surface area contributed by atoms with E-state index in [-0.39, 0.29) is 43.8 Å². The molecule has 18 heteroatoms. The topological polar surface area (TPSA) is 214 Å². The van der Waals surface area contributed by atoms with Crippen LogP contribution in [0, 0.1) is 0 Å². The lowest BCUT2D eigenvalue weighted by molar-refractivity contribution is 0.0594. The first-order valence-corrected chi connectivity index (χ1v) is 21.0. The van der Waals surface area contributed by atoms with E-state index in [9.17, 15) is 24.0 Å². The predicted octanol–water partition coefficient (Wildman–Crippen LogP) is 9.08. The largest absolute Gasteiger partial charge is 0.465 e. The van der Waals surface area contributed by atoms with Crippen LogP contribution in [0.1, 0.15) is 56.4 Å². The summed E-state index contributed by atoms with van der Waals surface area (Å²) in [4.78, 5) is 68.8. The summed E-state index contributed by atoms with van der Waals surface area (Å²) in [5.41, 5.74) is 17.4. The minimum absolute atomic E-state index is 0. The lowest BCUT2D eigenvalue weighted by Gasteiger charge is -2.09. The van der Waals surface area contributed by atoms with Gasteiger partial charge in [0.05, 0.1) is 67.1 Å². The Kier molecular flexibility index (Phi) is 19.2. The molecule has 0 bridgehead atoms. The number of amides is 1. The van der Waals surface area contributed by atoms with Gasteiger partial charge in [-0.3, -0.25) is 19.0 Å². The zero-order chi connectivity index (χ0) is 42.3. The average molecular weight is 947 g/mol. The predicted molar refractivity (Wildman–Crippen MR) is 252 cm³/mol. The number of ether oxygens (including phenoxy) is 2. The van der Waals surface area contributed by atoms with Crippen molar-refractivity contribution in [3.05, 3.63) is 168 Å². The molecule has 61 heavy (non-hydrogen) atoms. The van der Waals surface area contributed by atoms with E-state index in [1.54, 1.807) is 58.7 Å². The SMILES string of the molecule is C.C.COC(=O)c1ccc(CBr)cc1.COC(=O)c1sccc1N.Nc1ccccc1NC(=O)c1ccc(Cn2cnc3ccsc3c2=O)cc1.O=c1[nH]cnc2ccsc12. The zero-order valence-electron chi connectivity index (χ0n) is 31.4. The van der Waals surface area contributed by atoms with Crippen LogP contribution >= 0.6 is 49.9 Å². The highest BCUT2D eigenvalue weighted by Gasteiger charge is 2.11. The summed E-state index contributed by atoms with van der Waals surface area (Å²) in [5.74, 6) is -0.901. The Hall–Kier alpha value is -6.47. The number of nitrogens with zero attached hydrogens (tertiary/aromatic N) is 3. The minimum Gasteiger partial charge on any atom is -0.465 e. The first-order valence-electron chi connectivity index (χ1n) is 17.3. The van der Waals surface area contributed by atoms with E-state index in [0.29, 0.717) is 54.5 Å². The maximum atomic E-state index is 12.5. The quantitative estimate of drug-likeness (QED) is 0.0672. The van der Waals surface area contributed by atoms with Gasteiger partial charge < -0.3 is 31.2 Å². The highest BCUT2D eigenvalue weighted by atomic mass is 79.9. The van der Waals surface area contributed by atoms with E-state index in [1.165, 1.54) is 54.6 Å². The fourth-order valence-corrected chi connectivity index (χ4v) is 7.62. The number of fused-ring (bicyclic) bond motifs is 2. The molecule has 318 valence electrons. The molecule has 5 heterocycles. The molecule has 0 saturated heterocycles. The van der Waals surface area contributed by atoms with Gasteiger partial charge in [-0.05, 0) is 81.9 Å². The van der Waals surface area contributed by atoms with E-state index in [2.05, 4.69) is 45.7 Å². The van der Waals surface area contributed by atoms with Crippen molar-refractivity contribution in [2.75, 3.05) is 31.0 Å². The molecule has 0 atom stereocenters. The van der Waals surface area contributed by atoms with Gasteiger partial charge in [-0.1, -0.05) is 67.2 Å². The molecule has 8 rings (SSSR count). The number of benzene rings is 3. The summed E-state index contributed by atoms with van der Waals surface area (Å²) in [7, 11) is 2.71. The molecule has 0 saturated carbocycles. The molecule has 0 aliphatic heterocycles. The van der Waals surface area contributed by atoms with Crippen LogP contribution in [-0.4, -0.2) is 51.6 Å². The van der Waals surface area contributed by atoms with Crippen LogP contribution < -0.4 is 27.9 Å². The first kappa shape index (κ1) is 48.9. The van der Waals surface area contributed by atoms with Gasteiger partial charge in [0.25, 0.3) is 17.0 Å². The third-order valence-corrected chi connectivity index (χ3v) is 11.4. The zero-order valence-corrected chi connectivity index (χ0v) is 35.5. The van der Waals surface area contributed by atoms with Crippen molar-refractivity contribution in [2.24, 2.45) is 0 Å². The van der Waals surface area contributed by atoms with Gasteiger partial charge in [0.1, 0.15) is 14.3 Å². The second-order valence-corrected chi connectivity index (χ2v) is 15.2. The van der Waals surface area contributed by atoms with Crippen LogP contribution in [0.5, 0.6) is 0 Å². The number of anilines is 3. The number of nitrogens with one attached hydrogen (secondary N) is 2. The second-order valence-electron chi connectivity index (χ2n) is 11.9. The number of aromatic amines is 1. The lowest BCUT2D eigenvalue weighted by Crippen LogP contribution is -2.20. The Morgan fingerprint density at radius 1 is 0.721 bits per heavy atom. The molecule has 3 aromatic carbocycles. The van der Waals surface area contributed by atoms with E-state index in [4.69, 9.17) is 11.5 Å². The van der Waals surface area contributed by atoms with Crippen molar-refractivity contribution in [1.29, 1.82) is 0 Å². The van der Waals surface area contributed by atoms with Gasteiger partial charge in [-0.25, -0.2) is 19.6 Å². The van der Waals surface area contributed by atoms with Crippen molar-refractivity contribution in [2.45, 2.75) is 26.7 Å². The smallest absolute Gasteiger partial charge is 0.350 e. The highest BCUT2D eigenvalue weighted by molar-refractivity contribution is 9.08. The number of nitrogens with two attached hydrogens (primary N) is 2. The van der Waals surface area contributed by atoms with E-state index in [0.717, 1.165) is 22.0 Å². The van der Waals surface area contributed by atoms with E-state index >= 15 is 0 Å². The molecule has 5 aromatic heterocycles. The summed E-state index contributed by atoms with van der Waals surface area (Å²) in [6.45, 7) is 0.396. The van der Waals surface area contributed by atoms with Crippen molar-refractivity contribution in [3.8, 4) is 0 Å².